The molecule has 4 rings (SSSR count). The number of nitrogens with zero attached hydrogens (tertiary/aromatic N) is 1. The number of amides is 1. The van der Waals surface area contributed by atoms with Crippen LogP contribution in [0.2, 0.25) is 0 Å². The largest absolute Gasteiger partial charge is 0.487 e. The predicted molar refractivity (Wildman–Crippen MR) is 134 cm³/mol. The smallest absolute Gasteiger partial charge is 0.223 e. The van der Waals surface area contributed by atoms with E-state index >= 15 is 0 Å². The molecule has 0 aromatic heterocycles. The second kappa shape index (κ2) is 10.1. The number of fused-ring (bicyclic) bond motifs is 1. The van der Waals surface area contributed by atoms with Gasteiger partial charge in [-0.15, -0.1) is 0 Å². The van der Waals surface area contributed by atoms with E-state index < -0.39 is 10.0 Å². The number of aryl methyl sites for hydroxylation is 1. The Morgan fingerprint density at radius 1 is 1.06 bits per heavy atom. The van der Waals surface area contributed by atoms with Crippen molar-refractivity contribution in [2.45, 2.75) is 70.3 Å². The van der Waals surface area contributed by atoms with E-state index in [2.05, 4.69) is 19.2 Å². The number of hydrogen-bond acceptors (Lipinski definition) is 4. The Hall–Kier alpha value is -2.38. The zero-order valence-corrected chi connectivity index (χ0v) is 21.2. The van der Waals surface area contributed by atoms with E-state index in [0.717, 1.165) is 41.7 Å². The zero-order chi connectivity index (χ0) is 24.3. The molecule has 1 amide bonds. The van der Waals surface area contributed by atoms with Crippen LogP contribution in [0.5, 0.6) is 5.75 Å². The molecule has 2 aromatic carbocycles. The Labute approximate surface area is 203 Å². The van der Waals surface area contributed by atoms with Gasteiger partial charge in [0.15, 0.2) is 0 Å². The van der Waals surface area contributed by atoms with E-state index in [0.29, 0.717) is 25.9 Å². The van der Waals surface area contributed by atoms with Gasteiger partial charge in [0.1, 0.15) is 11.4 Å². The third kappa shape index (κ3) is 5.31. The lowest BCUT2D eigenvalue weighted by molar-refractivity contribution is -0.127. The highest BCUT2D eigenvalue weighted by molar-refractivity contribution is 7.88. The first-order valence-electron chi connectivity index (χ1n) is 12.4. The molecule has 0 saturated carbocycles. The topological polar surface area (TPSA) is 75.7 Å². The fraction of sp³-hybridized carbons (Fsp3) is 0.519. The van der Waals surface area contributed by atoms with Gasteiger partial charge in [0, 0.05) is 31.0 Å². The number of sulfonamides is 1. The lowest BCUT2D eigenvalue weighted by Crippen LogP contribution is -2.47. The number of piperidine rings is 1. The fourth-order valence-corrected chi connectivity index (χ4v) is 6.67. The van der Waals surface area contributed by atoms with Crippen molar-refractivity contribution < 1.29 is 17.9 Å². The molecule has 6 nitrogen and oxygen atoms in total. The summed E-state index contributed by atoms with van der Waals surface area (Å²) in [7, 11) is -3.40. The Morgan fingerprint density at radius 2 is 1.71 bits per heavy atom. The van der Waals surface area contributed by atoms with Crippen molar-refractivity contribution in [3.8, 4) is 5.75 Å². The molecular formula is C27H36N2O4S. The van der Waals surface area contributed by atoms with Crippen molar-refractivity contribution in [3.63, 3.8) is 0 Å². The maximum absolute atomic E-state index is 13.2. The predicted octanol–water partition coefficient (Wildman–Crippen LogP) is 4.74. The highest BCUT2D eigenvalue weighted by Crippen LogP contribution is 2.42. The number of rotatable bonds is 7. The van der Waals surface area contributed by atoms with Crippen molar-refractivity contribution >= 4 is 15.9 Å². The Bertz CT molecular complexity index is 1100. The molecular weight excluding hydrogens is 448 g/mol. The Kier molecular flexibility index (Phi) is 7.33. The van der Waals surface area contributed by atoms with E-state index in [-0.39, 0.29) is 29.2 Å². The molecule has 1 N–H and O–H groups in total. The van der Waals surface area contributed by atoms with E-state index in [1.165, 1.54) is 0 Å². The summed E-state index contributed by atoms with van der Waals surface area (Å²) in [4.78, 5) is 13.2. The summed E-state index contributed by atoms with van der Waals surface area (Å²) < 4.78 is 33.7. The normalized spacial score (nSPS) is 20.9. The van der Waals surface area contributed by atoms with Crippen LogP contribution in [0, 0.1) is 12.8 Å². The van der Waals surface area contributed by atoms with Gasteiger partial charge in [0.05, 0.1) is 11.8 Å². The molecule has 2 aromatic rings. The molecule has 0 radical (unpaired) electrons. The third-order valence-electron chi connectivity index (χ3n) is 7.49. The highest BCUT2D eigenvalue weighted by atomic mass is 32.2. The molecule has 2 heterocycles. The summed E-state index contributed by atoms with van der Waals surface area (Å²) in [5.41, 5.74) is 2.64. The van der Waals surface area contributed by atoms with Gasteiger partial charge >= 0.3 is 0 Å². The first-order valence-corrected chi connectivity index (χ1v) is 14.0. The molecule has 184 valence electrons. The quantitative estimate of drug-likeness (QED) is 0.616. The van der Waals surface area contributed by atoms with Gasteiger partial charge < -0.3 is 10.1 Å². The molecule has 0 spiro atoms. The summed E-state index contributed by atoms with van der Waals surface area (Å²) in [6.45, 7) is 7.00. The van der Waals surface area contributed by atoms with Crippen LogP contribution < -0.4 is 10.1 Å². The first kappa shape index (κ1) is 24.7. The SMILES string of the molecule is CCC1(CC)C[C@@H](NC(=O)C2CCN(S(=O)(=O)Cc3ccc(C)cc3)CC2)c2ccccc2O1. The molecule has 2 aliphatic rings. The van der Waals surface area contributed by atoms with Crippen LogP contribution in [0.25, 0.3) is 0 Å². The van der Waals surface area contributed by atoms with Crippen LogP contribution in [0.4, 0.5) is 0 Å². The van der Waals surface area contributed by atoms with Gasteiger partial charge in [-0.2, -0.15) is 0 Å². The van der Waals surface area contributed by atoms with E-state index in [4.69, 9.17) is 4.74 Å². The highest BCUT2D eigenvalue weighted by Gasteiger charge is 2.40. The van der Waals surface area contributed by atoms with Crippen molar-refractivity contribution in [1.82, 2.24) is 9.62 Å². The summed E-state index contributed by atoms with van der Waals surface area (Å²) in [5, 5.41) is 3.28. The van der Waals surface area contributed by atoms with Crippen molar-refractivity contribution in [2.24, 2.45) is 5.92 Å². The van der Waals surface area contributed by atoms with Gasteiger partial charge in [0.2, 0.25) is 15.9 Å². The summed E-state index contributed by atoms with van der Waals surface area (Å²) >= 11 is 0. The second-order valence-electron chi connectivity index (χ2n) is 9.71. The lowest BCUT2D eigenvalue weighted by atomic mass is 9.83. The molecule has 0 bridgehead atoms. The molecule has 1 saturated heterocycles. The fourth-order valence-electron chi connectivity index (χ4n) is 5.10. The molecule has 34 heavy (non-hydrogen) atoms. The number of carbonyl (C=O) groups is 1. The maximum Gasteiger partial charge on any atom is 0.223 e. The summed E-state index contributed by atoms with van der Waals surface area (Å²) in [6.07, 6.45) is 3.57. The minimum atomic E-state index is -3.40. The van der Waals surface area contributed by atoms with E-state index in [1.54, 1.807) is 4.31 Å². The van der Waals surface area contributed by atoms with Crippen molar-refractivity contribution in [2.75, 3.05) is 13.1 Å². The molecule has 1 atom stereocenters. The van der Waals surface area contributed by atoms with Gasteiger partial charge in [-0.1, -0.05) is 61.9 Å². The minimum Gasteiger partial charge on any atom is -0.487 e. The lowest BCUT2D eigenvalue weighted by Gasteiger charge is -2.42. The Morgan fingerprint density at radius 3 is 2.35 bits per heavy atom. The number of benzene rings is 2. The number of carbonyl (C=O) groups excluding carboxylic acids is 1. The number of nitrogens with one attached hydrogen (secondary N) is 1. The molecule has 2 aliphatic heterocycles. The van der Waals surface area contributed by atoms with E-state index in [9.17, 15) is 13.2 Å². The molecule has 1 fully saturated rings. The number of para-hydroxylation sites is 1. The molecule has 0 unspecified atom stereocenters. The monoisotopic (exact) mass is 484 g/mol. The standard InChI is InChI=1S/C27H36N2O4S/c1-4-27(5-2)18-24(23-8-6-7-9-25(23)33-27)28-26(30)22-14-16-29(17-15-22)34(31,32)19-21-12-10-20(3)11-13-21/h6-13,22,24H,4-5,14-19H2,1-3H3,(H,28,30)/t24-/m1/s1. The Balaban J connectivity index is 1.38. The van der Waals surface area contributed by atoms with Gasteiger partial charge in [-0.25, -0.2) is 12.7 Å². The van der Waals surface area contributed by atoms with Gasteiger partial charge in [-0.05, 0) is 44.2 Å². The third-order valence-corrected chi connectivity index (χ3v) is 9.34. The number of hydrogen-bond donors (Lipinski definition) is 1. The van der Waals surface area contributed by atoms with Crippen LogP contribution in [-0.2, 0) is 20.6 Å². The van der Waals surface area contributed by atoms with Crippen LogP contribution in [0.15, 0.2) is 48.5 Å². The zero-order valence-electron chi connectivity index (χ0n) is 20.4. The van der Waals surface area contributed by atoms with Crippen molar-refractivity contribution in [3.05, 3.63) is 65.2 Å². The minimum absolute atomic E-state index is 0.000874. The number of ether oxygens (including phenoxy) is 1. The van der Waals surface area contributed by atoms with Gasteiger partial charge in [0.25, 0.3) is 0 Å². The summed E-state index contributed by atoms with van der Waals surface area (Å²) in [5.74, 6) is 0.677. The van der Waals surface area contributed by atoms with E-state index in [1.807, 2.05) is 55.5 Å². The van der Waals surface area contributed by atoms with Crippen molar-refractivity contribution in [1.29, 1.82) is 0 Å². The first-order chi connectivity index (χ1) is 16.2. The molecule has 7 heteroatoms. The average Bonchev–Trinajstić information content (AvgIpc) is 2.85. The maximum atomic E-state index is 13.2. The second-order valence-corrected chi connectivity index (χ2v) is 11.7. The summed E-state index contributed by atoms with van der Waals surface area (Å²) in [6, 6.07) is 15.4. The van der Waals surface area contributed by atoms with Crippen LogP contribution in [-0.4, -0.2) is 37.3 Å². The van der Waals surface area contributed by atoms with Crippen LogP contribution in [0.3, 0.4) is 0 Å². The average molecular weight is 485 g/mol. The molecule has 0 aliphatic carbocycles. The van der Waals surface area contributed by atoms with Gasteiger partial charge in [-0.3, -0.25) is 4.79 Å². The van der Waals surface area contributed by atoms with Crippen LogP contribution in [0.1, 0.15) is 68.7 Å². The van der Waals surface area contributed by atoms with Crippen LogP contribution >= 0.6 is 0 Å².